The van der Waals surface area contributed by atoms with Crippen molar-refractivity contribution in [1.29, 1.82) is 0 Å². The summed E-state index contributed by atoms with van der Waals surface area (Å²) in [5.74, 6) is 0.756. The van der Waals surface area contributed by atoms with Gasteiger partial charge in [0.2, 0.25) is 11.8 Å². The van der Waals surface area contributed by atoms with Crippen molar-refractivity contribution in [3.63, 3.8) is 0 Å². The second-order valence-corrected chi connectivity index (χ2v) is 6.98. The van der Waals surface area contributed by atoms with Crippen LogP contribution in [0.5, 0.6) is 0 Å². The lowest BCUT2D eigenvalue weighted by molar-refractivity contribution is -0.139. The monoisotopic (exact) mass is 329 g/mol. The molecule has 1 aromatic rings. The van der Waals surface area contributed by atoms with Gasteiger partial charge in [0.15, 0.2) is 0 Å². The van der Waals surface area contributed by atoms with E-state index >= 15 is 0 Å². The summed E-state index contributed by atoms with van der Waals surface area (Å²) in [5, 5.41) is 3.04. The van der Waals surface area contributed by atoms with Crippen LogP contribution < -0.4 is 5.32 Å². The molecule has 0 unspecified atom stereocenters. The number of aromatic nitrogens is 1. The molecule has 24 heavy (non-hydrogen) atoms. The first-order chi connectivity index (χ1) is 11.7. The number of hydrogen-bond acceptors (Lipinski definition) is 3. The van der Waals surface area contributed by atoms with Crippen molar-refractivity contribution in [1.82, 2.24) is 15.2 Å². The van der Waals surface area contributed by atoms with Crippen LogP contribution in [0.2, 0.25) is 0 Å². The molecule has 1 saturated carbocycles. The number of nitrogens with one attached hydrogen (secondary N) is 1. The lowest BCUT2D eigenvalue weighted by Gasteiger charge is -2.33. The summed E-state index contributed by atoms with van der Waals surface area (Å²) >= 11 is 0. The first-order valence-electron chi connectivity index (χ1n) is 9.19. The summed E-state index contributed by atoms with van der Waals surface area (Å²) in [6.45, 7) is 2.12. The standard InChI is InChI=1S/C19H27N3O2/c23-18(21-12-7-15-5-10-20-11-6-15)16-8-13-22(14-9-16)19(24)17-3-1-2-4-17/h5-6,10-11,16-17H,1-4,7-9,12-14H2,(H,21,23). The van der Waals surface area contributed by atoms with Crippen LogP contribution in [0.25, 0.3) is 0 Å². The second-order valence-electron chi connectivity index (χ2n) is 6.98. The van der Waals surface area contributed by atoms with Crippen LogP contribution in [-0.2, 0) is 16.0 Å². The van der Waals surface area contributed by atoms with Crippen molar-refractivity contribution in [2.24, 2.45) is 11.8 Å². The fourth-order valence-electron chi connectivity index (χ4n) is 3.82. The minimum atomic E-state index is 0.0510. The normalized spacial score (nSPS) is 19.4. The minimum Gasteiger partial charge on any atom is -0.356 e. The fourth-order valence-corrected chi connectivity index (χ4v) is 3.82. The minimum absolute atomic E-state index is 0.0510. The van der Waals surface area contributed by atoms with Gasteiger partial charge in [-0.2, -0.15) is 0 Å². The molecule has 2 heterocycles. The highest BCUT2D eigenvalue weighted by molar-refractivity contribution is 5.81. The van der Waals surface area contributed by atoms with Gasteiger partial charge in [0.1, 0.15) is 0 Å². The van der Waals surface area contributed by atoms with Crippen LogP contribution in [0.3, 0.4) is 0 Å². The largest absolute Gasteiger partial charge is 0.356 e. The maximum Gasteiger partial charge on any atom is 0.225 e. The Hall–Kier alpha value is -1.91. The fraction of sp³-hybridized carbons (Fsp3) is 0.632. The van der Waals surface area contributed by atoms with E-state index in [1.807, 2.05) is 17.0 Å². The Morgan fingerprint density at radius 1 is 1.04 bits per heavy atom. The summed E-state index contributed by atoms with van der Waals surface area (Å²) in [7, 11) is 0. The predicted octanol–water partition coefficient (Wildman–Crippen LogP) is 2.17. The highest BCUT2D eigenvalue weighted by Crippen LogP contribution is 2.28. The van der Waals surface area contributed by atoms with E-state index in [4.69, 9.17) is 0 Å². The lowest BCUT2D eigenvalue weighted by Crippen LogP contribution is -2.45. The van der Waals surface area contributed by atoms with Crippen molar-refractivity contribution in [3.8, 4) is 0 Å². The van der Waals surface area contributed by atoms with Gasteiger partial charge in [-0.15, -0.1) is 0 Å². The molecule has 0 bridgehead atoms. The Kier molecular flexibility index (Phi) is 5.83. The third kappa shape index (κ3) is 4.34. The summed E-state index contributed by atoms with van der Waals surface area (Å²) in [4.78, 5) is 30.7. The molecule has 2 fully saturated rings. The predicted molar refractivity (Wildman–Crippen MR) is 92.2 cm³/mol. The Bertz CT molecular complexity index is 547. The average molecular weight is 329 g/mol. The first-order valence-corrected chi connectivity index (χ1v) is 9.19. The highest BCUT2D eigenvalue weighted by atomic mass is 16.2. The van der Waals surface area contributed by atoms with Crippen LogP contribution in [0.15, 0.2) is 24.5 Å². The number of nitrogens with zero attached hydrogens (tertiary/aromatic N) is 2. The maximum absolute atomic E-state index is 12.4. The smallest absolute Gasteiger partial charge is 0.225 e. The lowest BCUT2D eigenvalue weighted by atomic mass is 9.94. The van der Waals surface area contributed by atoms with E-state index in [9.17, 15) is 9.59 Å². The van der Waals surface area contributed by atoms with Gasteiger partial charge in [0.25, 0.3) is 0 Å². The van der Waals surface area contributed by atoms with Crippen molar-refractivity contribution in [2.45, 2.75) is 44.9 Å². The van der Waals surface area contributed by atoms with E-state index in [-0.39, 0.29) is 17.7 Å². The van der Waals surface area contributed by atoms with E-state index in [0.717, 1.165) is 45.2 Å². The molecule has 130 valence electrons. The number of piperidine rings is 1. The molecule has 1 N–H and O–H groups in total. The molecule has 0 spiro atoms. The number of pyridine rings is 1. The van der Waals surface area contributed by atoms with Crippen LogP contribution in [-0.4, -0.2) is 41.3 Å². The molecule has 1 aliphatic carbocycles. The second kappa shape index (κ2) is 8.27. The van der Waals surface area contributed by atoms with E-state index < -0.39 is 0 Å². The third-order valence-electron chi connectivity index (χ3n) is 5.34. The number of amides is 2. The Labute approximate surface area is 143 Å². The molecule has 0 aromatic carbocycles. The number of carbonyl (C=O) groups excluding carboxylic acids is 2. The first kappa shape index (κ1) is 16.9. The average Bonchev–Trinajstić information content (AvgIpc) is 3.17. The van der Waals surface area contributed by atoms with Crippen LogP contribution in [0.1, 0.15) is 44.1 Å². The molecular formula is C19H27N3O2. The van der Waals surface area contributed by atoms with Gasteiger partial charge in [0.05, 0.1) is 0 Å². The maximum atomic E-state index is 12.4. The van der Waals surface area contributed by atoms with Gasteiger partial charge in [0, 0.05) is 43.9 Å². The number of hydrogen-bond donors (Lipinski definition) is 1. The molecule has 1 aliphatic heterocycles. The van der Waals surface area contributed by atoms with E-state index in [0.29, 0.717) is 12.5 Å². The van der Waals surface area contributed by atoms with Gasteiger partial charge in [-0.25, -0.2) is 0 Å². The Morgan fingerprint density at radius 2 is 1.71 bits per heavy atom. The van der Waals surface area contributed by atoms with Crippen molar-refractivity contribution in [2.75, 3.05) is 19.6 Å². The Morgan fingerprint density at radius 3 is 2.38 bits per heavy atom. The van der Waals surface area contributed by atoms with Gasteiger partial charge in [-0.3, -0.25) is 14.6 Å². The number of carbonyl (C=O) groups is 2. The van der Waals surface area contributed by atoms with Crippen molar-refractivity contribution in [3.05, 3.63) is 30.1 Å². The molecule has 0 atom stereocenters. The van der Waals surface area contributed by atoms with Gasteiger partial charge >= 0.3 is 0 Å². The number of rotatable bonds is 5. The molecule has 2 amide bonds. The summed E-state index contributed by atoms with van der Waals surface area (Å²) < 4.78 is 0. The summed E-state index contributed by atoms with van der Waals surface area (Å²) in [6.07, 6.45) is 10.4. The summed E-state index contributed by atoms with van der Waals surface area (Å²) in [5.41, 5.74) is 1.18. The zero-order chi connectivity index (χ0) is 16.8. The molecular weight excluding hydrogens is 302 g/mol. The van der Waals surface area contributed by atoms with Crippen LogP contribution >= 0.6 is 0 Å². The van der Waals surface area contributed by atoms with Crippen molar-refractivity contribution < 1.29 is 9.59 Å². The number of likely N-dealkylation sites (tertiary alicyclic amines) is 1. The molecule has 5 nitrogen and oxygen atoms in total. The highest BCUT2D eigenvalue weighted by Gasteiger charge is 2.31. The SMILES string of the molecule is O=C(NCCc1ccncc1)C1CCN(C(=O)C2CCCC2)CC1. The van der Waals surface area contributed by atoms with E-state index in [2.05, 4.69) is 10.3 Å². The van der Waals surface area contributed by atoms with Gasteiger partial charge < -0.3 is 10.2 Å². The van der Waals surface area contributed by atoms with Crippen LogP contribution in [0.4, 0.5) is 0 Å². The quantitative estimate of drug-likeness (QED) is 0.900. The Balaban J connectivity index is 1.38. The van der Waals surface area contributed by atoms with E-state index in [1.54, 1.807) is 12.4 Å². The molecule has 1 aromatic heterocycles. The molecule has 1 saturated heterocycles. The topological polar surface area (TPSA) is 62.3 Å². The molecule has 0 radical (unpaired) electrons. The van der Waals surface area contributed by atoms with Crippen LogP contribution in [0, 0.1) is 11.8 Å². The molecule has 5 heteroatoms. The zero-order valence-corrected chi connectivity index (χ0v) is 14.2. The van der Waals surface area contributed by atoms with E-state index in [1.165, 1.54) is 18.4 Å². The zero-order valence-electron chi connectivity index (χ0n) is 14.2. The molecule has 2 aliphatic rings. The van der Waals surface area contributed by atoms with Gasteiger partial charge in [-0.05, 0) is 49.8 Å². The third-order valence-corrected chi connectivity index (χ3v) is 5.34. The molecule has 3 rings (SSSR count). The van der Waals surface area contributed by atoms with Gasteiger partial charge in [-0.1, -0.05) is 12.8 Å². The van der Waals surface area contributed by atoms with Crippen molar-refractivity contribution >= 4 is 11.8 Å². The summed E-state index contributed by atoms with van der Waals surface area (Å²) in [6, 6.07) is 3.94.